The van der Waals surface area contributed by atoms with E-state index < -0.39 is 63.5 Å². The summed E-state index contributed by atoms with van der Waals surface area (Å²) < 4.78 is 5.78. The first-order valence-corrected chi connectivity index (χ1v) is 15.2. The van der Waals surface area contributed by atoms with E-state index >= 15 is 0 Å². The summed E-state index contributed by atoms with van der Waals surface area (Å²) in [5, 5.41) is 46.8. The Kier molecular flexibility index (Phi) is 8.12. The highest BCUT2D eigenvalue weighted by Crippen LogP contribution is 2.55. The molecule has 11 heteroatoms. The molecule has 5 rings (SSSR count). The van der Waals surface area contributed by atoms with Crippen molar-refractivity contribution in [1.82, 2.24) is 9.80 Å². The second-order valence-electron chi connectivity index (χ2n) is 14.2. The number of ketones is 2. The van der Waals surface area contributed by atoms with Crippen molar-refractivity contribution >= 4 is 23.2 Å². The number of phenolic OH excluding ortho intramolecular Hbond substituents is 1. The molecule has 2 aromatic rings. The number of nitrogens with two attached hydrogens (primary N) is 1. The van der Waals surface area contributed by atoms with E-state index in [0.29, 0.717) is 29.0 Å². The predicted molar refractivity (Wildman–Crippen MR) is 172 cm³/mol. The van der Waals surface area contributed by atoms with E-state index in [4.69, 9.17) is 10.5 Å². The van der Waals surface area contributed by atoms with Gasteiger partial charge in [-0.1, -0.05) is 26.8 Å². The Balaban J connectivity index is 1.83. The first-order valence-electron chi connectivity index (χ1n) is 15.2. The van der Waals surface area contributed by atoms with Gasteiger partial charge in [-0.15, -0.1) is 0 Å². The van der Waals surface area contributed by atoms with Crippen LogP contribution in [0.15, 0.2) is 41.2 Å². The van der Waals surface area contributed by atoms with Gasteiger partial charge in [0.2, 0.25) is 5.78 Å². The summed E-state index contributed by atoms with van der Waals surface area (Å²) in [5.74, 6) is -6.22. The van der Waals surface area contributed by atoms with Gasteiger partial charge in [-0.2, -0.15) is 0 Å². The van der Waals surface area contributed by atoms with Crippen molar-refractivity contribution in [3.63, 3.8) is 0 Å². The van der Waals surface area contributed by atoms with Gasteiger partial charge >= 0.3 is 0 Å². The maximum atomic E-state index is 14.3. The van der Waals surface area contributed by atoms with Crippen molar-refractivity contribution < 1.29 is 39.5 Å². The number of hydrogen-bond donors (Lipinski definition) is 5. The van der Waals surface area contributed by atoms with E-state index in [0.717, 1.165) is 11.1 Å². The fourth-order valence-electron chi connectivity index (χ4n) is 7.55. The zero-order valence-corrected chi connectivity index (χ0v) is 27.6. The highest BCUT2D eigenvalue weighted by atomic mass is 16.5. The number of Topliss-reactive ketones (excluding diaryl/α,β-unsaturated/α-hetero) is 2. The molecule has 4 atom stereocenters. The number of aliphatic hydroxyl groups is 3. The Hall–Kier alpha value is -4.19. The average molecular weight is 634 g/mol. The number of carbonyl (C=O) groups is 3. The molecule has 11 nitrogen and oxygen atoms in total. The SMILES string of the molecule is COc1ccc(CN(C)C)cc1-c1cc(C(C)(C)C)c(O)c2c1C[C@H]1C[C@H]3[C@H](N(C)C)C(=O)C(C(N)=O)=C(O)[C@@]3(O)C(=O)C1=C2O. The molecule has 0 aliphatic heterocycles. The van der Waals surface area contributed by atoms with Gasteiger partial charge < -0.3 is 35.8 Å². The highest BCUT2D eigenvalue weighted by molar-refractivity contribution is 6.24. The summed E-state index contributed by atoms with van der Waals surface area (Å²) in [6.07, 6.45) is 0.174. The van der Waals surface area contributed by atoms with Gasteiger partial charge in [-0.25, -0.2) is 0 Å². The molecule has 3 aliphatic carbocycles. The third kappa shape index (κ3) is 4.88. The largest absolute Gasteiger partial charge is 0.508 e. The van der Waals surface area contributed by atoms with Crippen molar-refractivity contribution in [2.75, 3.05) is 35.3 Å². The van der Waals surface area contributed by atoms with Crippen LogP contribution in [-0.2, 0) is 32.8 Å². The Morgan fingerprint density at radius 1 is 1.07 bits per heavy atom. The average Bonchev–Trinajstić information content (AvgIpc) is 2.93. The van der Waals surface area contributed by atoms with E-state index in [9.17, 15) is 34.8 Å². The molecule has 1 amide bonds. The van der Waals surface area contributed by atoms with Gasteiger partial charge in [0.1, 0.15) is 28.6 Å². The summed E-state index contributed by atoms with van der Waals surface area (Å²) in [4.78, 5) is 43.6. The lowest BCUT2D eigenvalue weighted by atomic mass is 9.57. The molecule has 2 aromatic carbocycles. The molecule has 0 unspecified atom stereocenters. The first-order chi connectivity index (χ1) is 21.4. The second-order valence-corrected chi connectivity index (χ2v) is 14.2. The third-order valence-electron chi connectivity index (χ3n) is 9.58. The minimum atomic E-state index is -2.70. The molecule has 3 aliphatic rings. The van der Waals surface area contributed by atoms with Crippen molar-refractivity contribution in [2.45, 2.75) is 57.2 Å². The van der Waals surface area contributed by atoms with Crippen LogP contribution in [-0.4, -0.2) is 94.6 Å². The molecule has 0 saturated heterocycles. The molecule has 0 bridgehead atoms. The number of benzene rings is 2. The number of aromatic hydroxyl groups is 1. The van der Waals surface area contributed by atoms with Gasteiger partial charge in [0.15, 0.2) is 11.4 Å². The van der Waals surface area contributed by atoms with Crippen LogP contribution < -0.4 is 10.5 Å². The summed E-state index contributed by atoms with van der Waals surface area (Å²) >= 11 is 0. The van der Waals surface area contributed by atoms with Crippen LogP contribution in [0, 0.1) is 11.8 Å². The zero-order valence-electron chi connectivity index (χ0n) is 27.6. The van der Waals surface area contributed by atoms with Crippen LogP contribution in [0.5, 0.6) is 11.5 Å². The third-order valence-corrected chi connectivity index (χ3v) is 9.58. The summed E-state index contributed by atoms with van der Waals surface area (Å²) in [6.45, 7) is 6.41. The van der Waals surface area contributed by atoms with Gasteiger partial charge in [-0.05, 0) is 87.3 Å². The number of aliphatic hydroxyl groups excluding tert-OH is 2. The number of likely N-dealkylation sites (N-methyl/N-ethyl adjacent to an activating group) is 1. The monoisotopic (exact) mass is 633 g/mol. The predicted octanol–water partition coefficient (Wildman–Crippen LogP) is 3.00. The molecule has 0 aromatic heterocycles. The number of nitrogens with zero attached hydrogens (tertiary/aromatic N) is 2. The number of primary amides is 1. The van der Waals surface area contributed by atoms with Gasteiger partial charge in [0.05, 0.1) is 18.7 Å². The van der Waals surface area contributed by atoms with E-state index in [1.807, 2.05) is 64.0 Å². The quantitative estimate of drug-likeness (QED) is 0.298. The Morgan fingerprint density at radius 2 is 1.72 bits per heavy atom. The van der Waals surface area contributed by atoms with Gasteiger partial charge in [0.25, 0.3) is 5.91 Å². The van der Waals surface area contributed by atoms with Crippen LogP contribution in [0.4, 0.5) is 0 Å². The molecule has 0 spiro atoms. The minimum Gasteiger partial charge on any atom is -0.508 e. The minimum absolute atomic E-state index is 0.00475. The van der Waals surface area contributed by atoms with Gasteiger partial charge in [-0.3, -0.25) is 19.3 Å². The molecule has 0 heterocycles. The number of amides is 1. The Labute approximate surface area is 268 Å². The van der Waals surface area contributed by atoms with Crippen molar-refractivity contribution in [2.24, 2.45) is 17.6 Å². The topological polar surface area (TPSA) is 174 Å². The molecule has 46 heavy (non-hydrogen) atoms. The summed E-state index contributed by atoms with van der Waals surface area (Å²) in [5.41, 5.74) is 4.73. The van der Waals surface area contributed by atoms with Crippen LogP contribution in [0.1, 0.15) is 49.4 Å². The number of fused-ring (bicyclic) bond motifs is 3. The molecule has 1 saturated carbocycles. The highest BCUT2D eigenvalue weighted by Gasteiger charge is 2.64. The van der Waals surface area contributed by atoms with Gasteiger partial charge in [0, 0.05) is 29.2 Å². The number of ether oxygens (including phenoxy) is 1. The molecule has 6 N–H and O–H groups in total. The Bertz CT molecular complexity index is 1730. The standard InChI is InChI=1S/C35H43N3O8/c1-34(2,3)22-14-18(19-11-16(15-37(4)5)9-10-23(19)46-8)20-12-17-13-21-27(38(6)7)30(41)26(33(36)44)32(43)35(21,45)31(42)24(17)29(40)25(20)28(22)39/h9-11,14,17,21,27,39-40,43,45H,12-13,15H2,1-8H3,(H2,36,44)/t17-,21-,27-,35-/m0/s1. The normalized spacial score (nSPS) is 24.7. The first kappa shape index (κ1) is 33.2. The smallest absolute Gasteiger partial charge is 0.255 e. The van der Waals surface area contributed by atoms with E-state index in [-0.39, 0.29) is 29.7 Å². The van der Waals surface area contributed by atoms with Crippen molar-refractivity contribution in [1.29, 1.82) is 0 Å². The van der Waals surface area contributed by atoms with Crippen LogP contribution >= 0.6 is 0 Å². The number of carbonyl (C=O) groups excluding carboxylic acids is 3. The number of hydrogen-bond acceptors (Lipinski definition) is 10. The zero-order chi connectivity index (χ0) is 34.2. The maximum absolute atomic E-state index is 14.3. The number of methoxy groups -OCH3 is 1. The second kappa shape index (κ2) is 11.3. The lowest BCUT2D eigenvalue weighted by Crippen LogP contribution is -2.65. The summed E-state index contributed by atoms with van der Waals surface area (Å²) in [6, 6.07) is 6.59. The fourth-order valence-corrected chi connectivity index (χ4v) is 7.55. The Morgan fingerprint density at radius 3 is 2.26 bits per heavy atom. The van der Waals surface area contributed by atoms with Crippen LogP contribution in [0.3, 0.4) is 0 Å². The molecule has 1 fully saturated rings. The van der Waals surface area contributed by atoms with E-state index in [1.54, 1.807) is 21.2 Å². The molecule has 246 valence electrons. The molecular formula is C35H43N3O8. The number of rotatable bonds is 6. The lowest BCUT2D eigenvalue weighted by Gasteiger charge is -2.50. The fraction of sp³-hybridized carbons (Fsp3) is 0.457. The van der Waals surface area contributed by atoms with E-state index in [1.165, 1.54) is 4.90 Å². The van der Waals surface area contributed by atoms with Crippen LogP contribution in [0.2, 0.25) is 0 Å². The summed E-state index contributed by atoms with van der Waals surface area (Å²) in [7, 11) is 8.65. The van der Waals surface area contributed by atoms with Crippen LogP contribution in [0.25, 0.3) is 16.9 Å². The lowest BCUT2D eigenvalue weighted by molar-refractivity contribution is -0.153. The van der Waals surface area contributed by atoms with Crippen molar-refractivity contribution in [3.8, 4) is 22.6 Å². The maximum Gasteiger partial charge on any atom is 0.255 e. The number of phenols is 1. The van der Waals surface area contributed by atoms with E-state index in [2.05, 4.69) is 0 Å². The molecular weight excluding hydrogens is 590 g/mol. The molecule has 0 radical (unpaired) electrons. The van der Waals surface area contributed by atoms with Crippen molar-refractivity contribution in [3.05, 3.63) is 63.4 Å².